The summed E-state index contributed by atoms with van der Waals surface area (Å²) in [4.78, 5) is 9.40. The lowest BCUT2D eigenvalue weighted by Gasteiger charge is -2.41. The van der Waals surface area contributed by atoms with Gasteiger partial charge in [0.1, 0.15) is 10.8 Å². The van der Waals surface area contributed by atoms with Gasteiger partial charge in [-0.1, -0.05) is 25.4 Å². The van der Waals surface area contributed by atoms with Gasteiger partial charge in [0, 0.05) is 18.4 Å². The second-order valence-electron chi connectivity index (χ2n) is 6.98. The average molecular weight is 295 g/mol. The van der Waals surface area contributed by atoms with E-state index in [2.05, 4.69) is 18.8 Å². The van der Waals surface area contributed by atoms with Crippen molar-refractivity contribution in [1.82, 2.24) is 9.97 Å². The second kappa shape index (κ2) is 4.96. The molecule has 0 bridgehead atoms. The van der Waals surface area contributed by atoms with Gasteiger partial charge in [0.25, 0.3) is 0 Å². The molecule has 0 radical (unpaired) electrons. The number of nitrogens with zero attached hydrogens (tertiary/aromatic N) is 2. The highest BCUT2D eigenvalue weighted by atomic mass is 35.5. The van der Waals surface area contributed by atoms with Gasteiger partial charge in [0.15, 0.2) is 5.82 Å². The Morgan fingerprint density at radius 3 is 2.40 bits per heavy atom. The van der Waals surface area contributed by atoms with E-state index in [0.717, 1.165) is 62.0 Å². The van der Waals surface area contributed by atoms with Crippen LogP contribution in [0.15, 0.2) is 0 Å². The lowest BCUT2D eigenvalue weighted by Crippen LogP contribution is -2.38. The summed E-state index contributed by atoms with van der Waals surface area (Å²) in [6.45, 7) is 4.65. The SMILES string of the molecule is COC1(c2nc(Cl)c3c(n2)CCC3)CCC(C)(C)CC1. The zero-order chi connectivity index (χ0) is 14.4. The van der Waals surface area contributed by atoms with Crippen LogP contribution >= 0.6 is 11.6 Å². The van der Waals surface area contributed by atoms with Crippen molar-refractivity contribution < 1.29 is 4.74 Å². The molecular formula is C16H23ClN2O. The van der Waals surface area contributed by atoms with Crippen molar-refractivity contribution in [3.8, 4) is 0 Å². The minimum Gasteiger partial charge on any atom is -0.370 e. The minimum absolute atomic E-state index is 0.337. The van der Waals surface area contributed by atoms with Gasteiger partial charge in [0.05, 0.1) is 0 Å². The topological polar surface area (TPSA) is 35.0 Å². The number of ether oxygens (including phenoxy) is 1. The van der Waals surface area contributed by atoms with Crippen LogP contribution in [0.4, 0.5) is 0 Å². The molecule has 2 aliphatic carbocycles. The van der Waals surface area contributed by atoms with Gasteiger partial charge >= 0.3 is 0 Å². The van der Waals surface area contributed by atoms with Gasteiger partial charge in [-0.25, -0.2) is 9.97 Å². The van der Waals surface area contributed by atoms with E-state index in [1.165, 1.54) is 0 Å². The van der Waals surface area contributed by atoms with Gasteiger partial charge in [-0.05, 0) is 50.4 Å². The molecule has 3 nitrogen and oxygen atoms in total. The number of fused-ring (bicyclic) bond motifs is 1. The third kappa shape index (κ3) is 2.35. The maximum Gasteiger partial charge on any atom is 0.162 e. The van der Waals surface area contributed by atoms with E-state index in [-0.39, 0.29) is 5.60 Å². The minimum atomic E-state index is -0.337. The molecule has 20 heavy (non-hydrogen) atoms. The van der Waals surface area contributed by atoms with Gasteiger partial charge < -0.3 is 4.74 Å². The Hall–Kier alpha value is -0.670. The predicted octanol–water partition coefficient (Wildman–Crippen LogP) is 4.06. The van der Waals surface area contributed by atoms with E-state index < -0.39 is 0 Å². The van der Waals surface area contributed by atoms with Crippen molar-refractivity contribution in [2.24, 2.45) is 5.41 Å². The van der Waals surface area contributed by atoms with Gasteiger partial charge in [-0.3, -0.25) is 0 Å². The van der Waals surface area contributed by atoms with Gasteiger partial charge in [-0.15, -0.1) is 0 Å². The summed E-state index contributed by atoms with van der Waals surface area (Å²) in [7, 11) is 1.78. The first-order valence-corrected chi connectivity index (χ1v) is 7.95. The van der Waals surface area contributed by atoms with Crippen LogP contribution in [0.3, 0.4) is 0 Å². The van der Waals surface area contributed by atoms with Crippen molar-refractivity contribution in [2.45, 2.75) is 64.4 Å². The lowest BCUT2D eigenvalue weighted by molar-refractivity contribution is -0.0730. The second-order valence-corrected chi connectivity index (χ2v) is 7.34. The monoisotopic (exact) mass is 294 g/mol. The number of rotatable bonds is 2. The van der Waals surface area contributed by atoms with E-state index >= 15 is 0 Å². The fourth-order valence-corrected chi connectivity index (χ4v) is 3.72. The van der Waals surface area contributed by atoms with Crippen molar-refractivity contribution in [3.63, 3.8) is 0 Å². The summed E-state index contributed by atoms with van der Waals surface area (Å²) < 4.78 is 5.89. The highest BCUT2D eigenvalue weighted by Gasteiger charge is 2.42. The van der Waals surface area contributed by atoms with Crippen molar-refractivity contribution in [1.29, 1.82) is 0 Å². The van der Waals surface area contributed by atoms with Gasteiger partial charge in [0.2, 0.25) is 0 Å². The fourth-order valence-electron chi connectivity index (χ4n) is 3.44. The summed E-state index contributed by atoms with van der Waals surface area (Å²) in [6, 6.07) is 0. The van der Waals surface area contributed by atoms with Crippen LogP contribution in [0, 0.1) is 5.41 Å². The summed E-state index contributed by atoms with van der Waals surface area (Å²) >= 11 is 6.36. The summed E-state index contributed by atoms with van der Waals surface area (Å²) in [6.07, 6.45) is 7.41. The van der Waals surface area contributed by atoms with Crippen molar-refractivity contribution in [2.75, 3.05) is 7.11 Å². The molecule has 110 valence electrons. The zero-order valence-electron chi connectivity index (χ0n) is 12.6. The van der Waals surface area contributed by atoms with Crippen LogP contribution in [0.1, 0.15) is 63.0 Å². The number of aromatic nitrogens is 2. The predicted molar refractivity (Wildman–Crippen MR) is 80.0 cm³/mol. The Kier molecular flexibility index (Phi) is 3.54. The fraction of sp³-hybridized carbons (Fsp3) is 0.750. The first-order chi connectivity index (χ1) is 9.46. The van der Waals surface area contributed by atoms with E-state index in [1.54, 1.807) is 7.11 Å². The highest BCUT2D eigenvalue weighted by Crippen LogP contribution is 2.46. The molecule has 0 spiro atoms. The molecule has 2 aliphatic rings. The van der Waals surface area contributed by atoms with Gasteiger partial charge in [-0.2, -0.15) is 0 Å². The molecule has 0 saturated heterocycles. The molecule has 1 saturated carbocycles. The Morgan fingerprint density at radius 1 is 1.05 bits per heavy atom. The molecule has 3 rings (SSSR count). The maximum absolute atomic E-state index is 6.36. The molecule has 0 N–H and O–H groups in total. The number of methoxy groups -OCH3 is 1. The molecule has 0 atom stereocenters. The van der Waals surface area contributed by atoms with E-state index in [0.29, 0.717) is 10.6 Å². The Labute approximate surface area is 126 Å². The first-order valence-electron chi connectivity index (χ1n) is 7.57. The molecule has 4 heteroatoms. The maximum atomic E-state index is 6.36. The highest BCUT2D eigenvalue weighted by molar-refractivity contribution is 6.30. The Morgan fingerprint density at radius 2 is 1.75 bits per heavy atom. The molecule has 1 heterocycles. The largest absolute Gasteiger partial charge is 0.370 e. The first kappa shape index (κ1) is 14.3. The standard InChI is InChI=1S/C16H23ClN2O/c1-15(2)7-9-16(20-3,10-8-15)14-18-12-6-4-5-11(12)13(17)19-14/h4-10H2,1-3H3. The smallest absolute Gasteiger partial charge is 0.162 e. The molecule has 1 aromatic rings. The van der Waals surface area contributed by atoms with E-state index in [1.807, 2.05) is 0 Å². The normalized spacial score (nSPS) is 23.6. The third-order valence-corrected chi connectivity index (χ3v) is 5.40. The molecule has 1 fully saturated rings. The van der Waals surface area contributed by atoms with Crippen LogP contribution < -0.4 is 0 Å². The summed E-state index contributed by atoms with van der Waals surface area (Å²) in [5.41, 5.74) is 2.35. The average Bonchev–Trinajstić information content (AvgIpc) is 2.88. The molecular weight excluding hydrogens is 272 g/mol. The molecule has 0 aliphatic heterocycles. The number of aryl methyl sites for hydroxylation is 1. The summed E-state index contributed by atoms with van der Waals surface area (Å²) in [5.74, 6) is 0.807. The molecule has 0 amide bonds. The third-order valence-electron chi connectivity index (χ3n) is 5.09. The molecule has 0 aromatic carbocycles. The van der Waals surface area contributed by atoms with Crippen LogP contribution in [0.5, 0.6) is 0 Å². The van der Waals surface area contributed by atoms with Crippen LogP contribution in [-0.2, 0) is 23.2 Å². The van der Waals surface area contributed by atoms with Crippen LogP contribution in [-0.4, -0.2) is 17.1 Å². The number of hydrogen-bond acceptors (Lipinski definition) is 3. The lowest BCUT2D eigenvalue weighted by atomic mass is 9.70. The Bertz CT molecular complexity index is 517. The zero-order valence-corrected chi connectivity index (χ0v) is 13.4. The van der Waals surface area contributed by atoms with Crippen molar-refractivity contribution in [3.05, 3.63) is 22.2 Å². The molecule has 0 unspecified atom stereocenters. The van der Waals surface area contributed by atoms with Crippen molar-refractivity contribution >= 4 is 11.6 Å². The van der Waals surface area contributed by atoms with E-state index in [9.17, 15) is 0 Å². The van der Waals surface area contributed by atoms with Crippen LogP contribution in [0.25, 0.3) is 0 Å². The van der Waals surface area contributed by atoms with Crippen LogP contribution in [0.2, 0.25) is 5.15 Å². The molecule has 1 aromatic heterocycles. The number of hydrogen-bond donors (Lipinski definition) is 0. The van der Waals surface area contributed by atoms with E-state index in [4.69, 9.17) is 21.3 Å². The summed E-state index contributed by atoms with van der Waals surface area (Å²) in [5, 5.41) is 0.642. The quantitative estimate of drug-likeness (QED) is 0.772. The number of halogens is 1. The Balaban J connectivity index is 1.96.